The van der Waals surface area contributed by atoms with E-state index in [0.717, 1.165) is 6.07 Å². The van der Waals surface area contributed by atoms with Crippen LogP contribution in [0.25, 0.3) is 0 Å². The third kappa shape index (κ3) is 3.69. The van der Waals surface area contributed by atoms with Crippen LogP contribution in [0.4, 0.5) is 11.4 Å². The summed E-state index contributed by atoms with van der Waals surface area (Å²) in [4.78, 5) is 21.3. The van der Waals surface area contributed by atoms with Crippen molar-refractivity contribution >= 4 is 27.4 Å². The minimum atomic E-state index is -4.41. The Morgan fingerprint density at radius 2 is 1.86 bits per heavy atom. The first kappa shape index (κ1) is 19.4. The summed E-state index contributed by atoms with van der Waals surface area (Å²) in [6.07, 6.45) is 0. The molecular formula is C17H16N2O8S. The third-order valence-electron chi connectivity index (χ3n) is 4.04. The van der Waals surface area contributed by atoms with Crippen LogP contribution in [0.15, 0.2) is 41.3 Å². The topological polar surface area (TPSA) is 136 Å². The zero-order valence-corrected chi connectivity index (χ0v) is 15.5. The molecule has 2 aromatic rings. The van der Waals surface area contributed by atoms with E-state index in [1.54, 1.807) is 0 Å². The number of carboxylic acid groups (broad SMARTS) is 1. The maximum Gasteiger partial charge on any atom is 0.324 e. The molecule has 1 aliphatic heterocycles. The van der Waals surface area contributed by atoms with Gasteiger partial charge in [0.25, 0.3) is 15.7 Å². The highest BCUT2D eigenvalue weighted by Crippen LogP contribution is 2.36. The number of hydrogen-bond donors (Lipinski definition) is 1. The molecular weight excluding hydrogens is 392 g/mol. The van der Waals surface area contributed by atoms with Gasteiger partial charge in [0.15, 0.2) is 11.5 Å². The van der Waals surface area contributed by atoms with Crippen molar-refractivity contribution in [3.8, 4) is 11.5 Å². The number of nitro groups is 1. The first-order valence-electron chi connectivity index (χ1n) is 8.09. The summed E-state index contributed by atoms with van der Waals surface area (Å²) in [6, 6.07) is 7.63. The second-order valence-electron chi connectivity index (χ2n) is 5.94. The molecule has 0 amide bonds. The summed E-state index contributed by atoms with van der Waals surface area (Å²) in [7, 11) is -4.41. The molecule has 3 rings (SSSR count). The molecule has 0 bridgehead atoms. The molecule has 0 aromatic heterocycles. The Morgan fingerprint density at radius 1 is 1.18 bits per heavy atom. The Balaban J connectivity index is 2.13. The second kappa shape index (κ2) is 7.35. The van der Waals surface area contributed by atoms with E-state index in [9.17, 15) is 28.4 Å². The van der Waals surface area contributed by atoms with Crippen LogP contribution in [0.2, 0.25) is 0 Å². The first-order chi connectivity index (χ1) is 13.2. The third-order valence-corrected chi connectivity index (χ3v) is 5.96. The van der Waals surface area contributed by atoms with Crippen LogP contribution in [0.1, 0.15) is 5.56 Å². The summed E-state index contributed by atoms with van der Waals surface area (Å²) >= 11 is 0. The molecule has 0 saturated carbocycles. The highest BCUT2D eigenvalue weighted by molar-refractivity contribution is 7.93. The summed E-state index contributed by atoms with van der Waals surface area (Å²) in [6.45, 7) is 1.21. The number of nitrogens with zero attached hydrogens (tertiary/aromatic N) is 2. The number of sulfonamides is 1. The Kier molecular flexibility index (Phi) is 5.10. The number of rotatable bonds is 6. The molecule has 11 heteroatoms. The minimum absolute atomic E-state index is 0.0394. The zero-order chi connectivity index (χ0) is 20.5. The molecule has 0 saturated heterocycles. The number of carbonyl (C=O) groups is 1. The summed E-state index contributed by atoms with van der Waals surface area (Å²) in [5, 5.41) is 20.3. The van der Waals surface area contributed by atoms with Crippen molar-refractivity contribution < 1.29 is 32.7 Å². The molecule has 0 fully saturated rings. The summed E-state index contributed by atoms with van der Waals surface area (Å²) in [5.41, 5.74) is -0.127. The fourth-order valence-corrected chi connectivity index (χ4v) is 4.38. The number of hydrogen-bond acceptors (Lipinski definition) is 7. The molecule has 148 valence electrons. The Labute approximate surface area is 160 Å². The van der Waals surface area contributed by atoms with Gasteiger partial charge in [-0.2, -0.15) is 0 Å². The average Bonchev–Trinajstić information content (AvgIpc) is 2.65. The number of carboxylic acids is 1. The van der Waals surface area contributed by atoms with Crippen molar-refractivity contribution in [1.29, 1.82) is 0 Å². The van der Waals surface area contributed by atoms with E-state index < -0.39 is 33.1 Å². The van der Waals surface area contributed by atoms with Crippen LogP contribution < -0.4 is 13.8 Å². The minimum Gasteiger partial charge on any atom is -0.486 e. The number of aliphatic carboxylic acids is 1. The normalized spacial score (nSPS) is 13.0. The number of aryl methyl sites for hydroxylation is 1. The Hall–Kier alpha value is -3.34. The molecule has 1 N–H and O–H groups in total. The molecule has 2 aromatic carbocycles. The lowest BCUT2D eigenvalue weighted by atomic mass is 10.2. The summed E-state index contributed by atoms with van der Waals surface area (Å²) < 4.78 is 37.9. The number of fused-ring (bicyclic) bond motifs is 1. The van der Waals surface area contributed by atoms with Gasteiger partial charge < -0.3 is 14.6 Å². The number of non-ortho nitro benzene ring substituents is 1. The fourth-order valence-electron chi connectivity index (χ4n) is 2.72. The number of ether oxygens (including phenoxy) is 2. The molecule has 10 nitrogen and oxygen atoms in total. The maximum absolute atomic E-state index is 13.2. The van der Waals surface area contributed by atoms with E-state index in [1.165, 1.54) is 37.3 Å². The van der Waals surface area contributed by atoms with Gasteiger partial charge in [0, 0.05) is 18.2 Å². The van der Waals surface area contributed by atoms with Gasteiger partial charge in [0.05, 0.1) is 15.5 Å². The van der Waals surface area contributed by atoms with E-state index in [4.69, 9.17) is 9.47 Å². The Bertz CT molecular complexity index is 1050. The lowest BCUT2D eigenvalue weighted by Crippen LogP contribution is -2.36. The van der Waals surface area contributed by atoms with E-state index in [2.05, 4.69) is 0 Å². The molecule has 0 atom stereocenters. The Morgan fingerprint density at radius 3 is 2.50 bits per heavy atom. The van der Waals surface area contributed by atoms with Gasteiger partial charge in [-0.05, 0) is 24.6 Å². The van der Waals surface area contributed by atoms with Crippen molar-refractivity contribution in [1.82, 2.24) is 0 Å². The van der Waals surface area contributed by atoms with E-state index in [1.807, 2.05) is 0 Å². The summed E-state index contributed by atoms with van der Waals surface area (Å²) in [5.74, 6) is -0.694. The molecule has 0 aliphatic carbocycles. The van der Waals surface area contributed by atoms with Crippen molar-refractivity contribution in [2.24, 2.45) is 0 Å². The SMILES string of the molecule is Cc1ccc([N+](=O)[O-])cc1S(=O)(=O)N(CC(=O)O)c1ccc2c(c1)OCCO2. The lowest BCUT2D eigenvalue weighted by Gasteiger charge is -2.25. The van der Waals surface area contributed by atoms with E-state index in [0.29, 0.717) is 16.7 Å². The van der Waals surface area contributed by atoms with Crippen molar-refractivity contribution in [2.45, 2.75) is 11.8 Å². The standard InChI is InChI=1S/C17H16N2O8S/c1-11-2-3-13(19(22)23)9-16(11)28(24,25)18(10-17(20)21)12-4-5-14-15(8-12)27-7-6-26-14/h2-5,8-9H,6-7,10H2,1H3,(H,20,21). The number of anilines is 1. The van der Waals surface area contributed by atoms with Gasteiger partial charge >= 0.3 is 5.97 Å². The number of nitro benzene ring substituents is 1. The van der Waals surface area contributed by atoms with Gasteiger partial charge in [-0.1, -0.05) is 6.07 Å². The monoisotopic (exact) mass is 408 g/mol. The predicted molar refractivity (Wildman–Crippen MR) is 97.4 cm³/mol. The molecule has 0 radical (unpaired) electrons. The van der Waals surface area contributed by atoms with Crippen LogP contribution in [0.3, 0.4) is 0 Å². The van der Waals surface area contributed by atoms with Gasteiger partial charge in [0.1, 0.15) is 19.8 Å². The molecule has 0 unspecified atom stereocenters. The quantitative estimate of drug-likeness (QED) is 0.566. The lowest BCUT2D eigenvalue weighted by molar-refractivity contribution is -0.385. The van der Waals surface area contributed by atoms with Crippen molar-refractivity contribution in [2.75, 3.05) is 24.1 Å². The van der Waals surface area contributed by atoms with Crippen molar-refractivity contribution in [3.05, 3.63) is 52.1 Å². The zero-order valence-electron chi connectivity index (χ0n) is 14.7. The second-order valence-corrected chi connectivity index (χ2v) is 7.77. The highest BCUT2D eigenvalue weighted by atomic mass is 32.2. The average molecular weight is 408 g/mol. The molecule has 0 spiro atoms. The highest BCUT2D eigenvalue weighted by Gasteiger charge is 2.31. The molecule has 1 heterocycles. The van der Waals surface area contributed by atoms with Gasteiger partial charge in [-0.15, -0.1) is 0 Å². The van der Waals surface area contributed by atoms with Crippen LogP contribution in [-0.4, -0.2) is 44.2 Å². The van der Waals surface area contributed by atoms with Crippen LogP contribution in [0.5, 0.6) is 11.5 Å². The van der Waals surface area contributed by atoms with Crippen molar-refractivity contribution in [3.63, 3.8) is 0 Å². The smallest absolute Gasteiger partial charge is 0.324 e. The van der Waals surface area contributed by atoms with Crippen LogP contribution in [-0.2, 0) is 14.8 Å². The predicted octanol–water partition coefficient (Wildman–Crippen LogP) is 1.95. The van der Waals surface area contributed by atoms with Gasteiger partial charge in [0.2, 0.25) is 0 Å². The largest absolute Gasteiger partial charge is 0.486 e. The van der Waals surface area contributed by atoms with Gasteiger partial charge in [-0.3, -0.25) is 19.2 Å². The van der Waals surface area contributed by atoms with E-state index >= 15 is 0 Å². The fraction of sp³-hybridized carbons (Fsp3) is 0.235. The van der Waals surface area contributed by atoms with Crippen LogP contribution >= 0.6 is 0 Å². The van der Waals surface area contributed by atoms with Gasteiger partial charge in [-0.25, -0.2) is 8.42 Å². The number of benzene rings is 2. The first-order valence-corrected chi connectivity index (χ1v) is 9.53. The molecule has 28 heavy (non-hydrogen) atoms. The molecule has 1 aliphatic rings. The maximum atomic E-state index is 13.2. The van der Waals surface area contributed by atoms with E-state index in [-0.39, 0.29) is 28.5 Å². The van der Waals surface area contributed by atoms with Crippen LogP contribution in [0, 0.1) is 17.0 Å².